The SMILES string of the molecule is CCN(CC)CC(O)CO.O=C(O)Nc1ccccc1.O=C(O)Nc1ccccc1. The molecule has 9 nitrogen and oxygen atoms in total. The van der Waals surface area contributed by atoms with Crippen molar-refractivity contribution in [2.45, 2.75) is 20.0 Å². The fourth-order valence-corrected chi connectivity index (χ4v) is 2.13. The van der Waals surface area contributed by atoms with Crippen molar-refractivity contribution in [3.8, 4) is 0 Å². The Morgan fingerprint density at radius 2 is 1.20 bits per heavy atom. The fraction of sp³-hybridized carbons (Fsp3) is 0.333. The van der Waals surface area contributed by atoms with Crippen LogP contribution in [0.3, 0.4) is 0 Å². The average molecular weight is 421 g/mol. The van der Waals surface area contributed by atoms with E-state index in [1.807, 2.05) is 26.0 Å². The zero-order chi connectivity index (χ0) is 22.8. The van der Waals surface area contributed by atoms with Gasteiger partial charge in [-0.25, -0.2) is 9.59 Å². The van der Waals surface area contributed by atoms with E-state index in [2.05, 4.69) is 15.5 Å². The number of aliphatic hydroxyl groups is 2. The minimum atomic E-state index is -1.04. The van der Waals surface area contributed by atoms with Crippen molar-refractivity contribution in [3.05, 3.63) is 60.7 Å². The highest BCUT2D eigenvalue weighted by Gasteiger charge is 2.05. The zero-order valence-corrected chi connectivity index (χ0v) is 17.2. The Labute approximate surface area is 176 Å². The number of amides is 2. The molecule has 2 aromatic carbocycles. The van der Waals surface area contributed by atoms with Crippen LogP contribution in [-0.2, 0) is 0 Å². The van der Waals surface area contributed by atoms with Crippen LogP contribution in [0.15, 0.2) is 60.7 Å². The number of benzene rings is 2. The highest BCUT2D eigenvalue weighted by atomic mass is 16.4. The van der Waals surface area contributed by atoms with E-state index in [1.54, 1.807) is 48.5 Å². The van der Waals surface area contributed by atoms with Gasteiger partial charge in [0.1, 0.15) is 0 Å². The number of anilines is 2. The van der Waals surface area contributed by atoms with Crippen LogP contribution in [0, 0.1) is 0 Å². The molecule has 2 amide bonds. The van der Waals surface area contributed by atoms with Gasteiger partial charge in [-0.05, 0) is 37.4 Å². The number of aliphatic hydroxyl groups excluding tert-OH is 2. The summed E-state index contributed by atoms with van der Waals surface area (Å²) >= 11 is 0. The molecule has 9 heteroatoms. The summed E-state index contributed by atoms with van der Waals surface area (Å²) in [5.41, 5.74) is 1.19. The number of carboxylic acid groups (broad SMARTS) is 2. The van der Waals surface area contributed by atoms with E-state index in [0.717, 1.165) is 13.1 Å². The molecule has 1 unspecified atom stereocenters. The number of rotatable bonds is 7. The Bertz CT molecular complexity index is 645. The van der Waals surface area contributed by atoms with Crippen LogP contribution in [0.1, 0.15) is 13.8 Å². The van der Waals surface area contributed by atoms with Crippen molar-refractivity contribution >= 4 is 23.6 Å². The second-order valence-corrected chi connectivity index (χ2v) is 5.91. The lowest BCUT2D eigenvalue weighted by molar-refractivity contribution is 0.0623. The third-order valence-electron chi connectivity index (χ3n) is 3.62. The molecule has 2 aromatic rings. The van der Waals surface area contributed by atoms with Crippen LogP contribution in [0.2, 0.25) is 0 Å². The van der Waals surface area contributed by atoms with Gasteiger partial charge in [-0.2, -0.15) is 0 Å². The number of nitrogens with zero attached hydrogens (tertiary/aromatic N) is 1. The number of hydrogen-bond donors (Lipinski definition) is 6. The van der Waals surface area contributed by atoms with Gasteiger partial charge >= 0.3 is 12.2 Å². The lowest BCUT2D eigenvalue weighted by Gasteiger charge is -2.20. The quantitative estimate of drug-likeness (QED) is 0.403. The normalized spacial score (nSPS) is 10.6. The Morgan fingerprint density at radius 3 is 1.47 bits per heavy atom. The monoisotopic (exact) mass is 421 g/mol. The Balaban J connectivity index is 0.000000420. The summed E-state index contributed by atoms with van der Waals surface area (Å²) in [6, 6.07) is 17.5. The van der Waals surface area contributed by atoms with Gasteiger partial charge in [-0.15, -0.1) is 0 Å². The molecule has 0 bridgehead atoms. The molecule has 0 radical (unpaired) electrons. The third-order valence-corrected chi connectivity index (χ3v) is 3.62. The molecule has 6 N–H and O–H groups in total. The number of para-hydroxylation sites is 2. The molecule has 0 aliphatic rings. The average Bonchev–Trinajstić information content (AvgIpc) is 2.73. The van der Waals surface area contributed by atoms with Crippen molar-refractivity contribution in [2.24, 2.45) is 0 Å². The second-order valence-electron chi connectivity index (χ2n) is 5.91. The van der Waals surface area contributed by atoms with Crippen molar-refractivity contribution in [2.75, 3.05) is 36.9 Å². The molecule has 30 heavy (non-hydrogen) atoms. The highest BCUT2D eigenvalue weighted by molar-refractivity contribution is 5.83. The van der Waals surface area contributed by atoms with Gasteiger partial charge in [0, 0.05) is 17.9 Å². The summed E-state index contributed by atoms with van der Waals surface area (Å²) in [5.74, 6) is 0. The van der Waals surface area contributed by atoms with E-state index in [-0.39, 0.29) is 6.61 Å². The van der Waals surface area contributed by atoms with Crippen molar-refractivity contribution in [1.29, 1.82) is 0 Å². The second kappa shape index (κ2) is 16.8. The smallest absolute Gasteiger partial charge is 0.409 e. The number of carbonyl (C=O) groups is 2. The number of likely N-dealkylation sites (N-methyl/N-ethyl adjacent to an activating group) is 1. The zero-order valence-electron chi connectivity index (χ0n) is 17.2. The van der Waals surface area contributed by atoms with Crippen LogP contribution in [0.4, 0.5) is 21.0 Å². The van der Waals surface area contributed by atoms with E-state index in [9.17, 15) is 9.59 Å². The first-order valence-corrected chi connectivity index (χ1v) is 9.43. The molecule has 0 saturated carbocycles. The molecule has 0 fully saturated rings. The standard InChI is InChI=1S/2C7H7NO2.C7H17NO2/c2*9-7(10)8-6-4-2-1-3-5-6;1-3-8(4-2)5-7(10)6-9/h2*1-5,8H,(H,9,10);7,9-10H,3-6H2,1-2H3. The first-order chi connectivity index (χ1) is 14.3. The summed E-state index contributed by atoms with van der Waals surface area (Å²) in [5, 5.41) is 38.5. The van der Waals surface area contributed by atoms with Crippen LogP contribution < -0.4 is 10.6 Å². The molecule has 0 aromatic heterocycles. The van der Waals surface area contributed by atoms with E-state index < -0.39 is 18.3 Å². The van der Waals surface area contributed by atoms with Crippen LogP contribution in [-0.4, -0.2) is 69.9 Å². The number of nitrogens with one attached hydrogen (secondary N) is 2. The first kappa shape index (κ1) is 26.9. The van der Waals surface area contributed by atoms with Gasteiger partial charge in [0.2, 0.25) is 0 Å². The van der Waals surface area contributed by atoms with E-state index in [1.165, 1.54) is 0 Å². The van der Waals surface area contributed by atoms with Crippen molar-refractivity contribution in [3.63, 3.8) is 0 Å². The molecule has 0 aliphatic heterocycles. The Hall–Kier alpha value is -3.14. The van der Waals surface area contributed by atoms with Gasteiger partial charge < -0.3 is 25.3 Å². The Morgan fingerprint density at radius 1 is 0.833 bits per heavy atom. The maximum atomic E-state index is 10.1. The van der Waals surface area contributed by atoms with Gasteiger partial charge in [-0.1, -0.05) is 50.2 Å². The summed E-state index contributed by atoms with van der Waals surface area (Å²) in [6.45, 7) is 6.35. The highest BCUT2D eigenvalue weighted by Crippen LogP contribution is 2.04. The molecule has 2 rings (SSSR count). The van der Waals surface area contributed by atoms with E-state index >= 15 is 0 Å². The lowest BCUT2D eigenvalue weighted by atomic mass is 10.3. The lowest BCUT2D eigenvalue weighted by Crippen LogP contribution is -2.33. The molecule has 1 atom stereocenters. The van der Waals surface area contributed by atoms with E-state index in [0.29, 0.717) is 17.9 Å². The summed E-state index contributed by atoms with van der Waals surface area (Å²) in [6.07, 6.45) is -2.66. The predicted molar refractivity (Wildman–Crippen MR) is 117 cm³/mol. The topological polar surface area (TPSA) is 142 Å². The minimum absolute atomic E-state index is 0.142. The molecule has 0 aliphatic carbocycles. The fourth-order valence-electron chi connectivity index (χ4n) is 2.13. The number of hydrogen-bond acceptors (Lipinski definition) is 5. The van der Waals surface area contributed by atoms with E-state index in [4.69, 9.17) is 20.4 Å². The van der Waals surface area contributed by atoms with Crippen LogP contribution in [0.5, 0.6) is 0 Å². The first-order valence-electron chi connectivity index (χ1n) is 9.43. The summed E-state index contributed by atoms with van der Waals surface area (Å²) < 4.78 is 0. The third kappa shape index (κ3) is 14.9. The van der Waals surface area contributed by atoms with Crippen molar-refractivity contribution in [1.82, 2.24) is 4.90 Å². The minimum Gasteiger partial charge on any atom is -0.465 e. The summed E-state index contributed by atoms with van der Waals surface area (Å²) in [4.78, 5) is 22.2. The molecular formula is C21H31N3O6. The van der Waals surface area contributed by atoms with Gasteiger partial charge in [0.05, 0.1) is 12.7 Å². The molecule has 0 saturated heterocycles. The van der Waals surface area contributed by atoms with Crippen LogP contribution >= 0.6 is 0 Å². The molecular weight excluding hydrogens is 390 g/mol. The van der Waals surface area contributed by atoms with Crippen molar-refractivity contribution < 1.29 is 30.0 Å². The predicted octanol–water partition coefficient (Wildman–Crippen LogP) is 3.23. The maximum Gasteiger partial charge on any atom is 0.409 e. The van der Waals surface area contributed by atoms with Gasteiger partial charge in [0.15, 0.2) is 0 Å². The Kier molecular flexibility index (Phi) is 15.0. The summed E-state index contributed by atoms with van der Waals surface area (Å²) in [7, 11) is 0. The molecule has 166 valence electrons. The molecule has 0 heterocycles. The maximum absolute atomic E-state index is 10.1. The van der Waals surface area contributed by atoms with Gasteiger partial charge in [0.25, 0.3) is 0 Å². The largest absolute Gasteiger partial charge is 0.465 e. The van der Waals surface area contributed by atoms with Crippen LogP contribution in [0.25, 0.3) is 0 Å². The molecule has 0 spiro atoms. The van der Waals surface area contributed by atoms with Gasteiger partial charge in [-0.3, -0.25) is 10.6 Å².